The third kappa shape index (κ3) is 2.78. The van der Waals surface area contributed by atoms with Crippen LogP contribution in [-0.4, -0.2) is 34.4 Å². The fourth-order valence-electron chi connectivity index (χ4n) is 2.76. The van der Waals surface area contributed by atoms with Gasteiger partial charge >= 0.3 is 0 Å². The number of methoxy groups -OCH3 is 2. The van der Waals surface area contributed by atoms with E-state index in [1.807, 2.05) is 12.1 Å². The molecule has 2 N–H and O–H groups in total. The van der Waals surface area contributed by atoms with Gasteiger partial charge in [-0.25, -0.2) is 0 Å². The normalized spacial score (nSPS) is 16.6. The highest BCUT2D eigenvalue weighted by molar-refractivity contribution is 5.56. The van der Waals surface area contributed by atoms with E-state index in [1.165, 1.54) is 19.3 Å². The van der Waals surface area contributed by atoms with Gasteiger partial charge in [0, 0.05) is 30.8 Å². The summed E-state index contributed by atoms with van der Waals surface area (Å²) in [6, 6.07) is 6.02. The Balaban J connectivity index is 2.12. The number of hydrogen-bond donors (Lipinski definition) is 1. The minimum Gasteiger partial charge on any atom is -0.493 e. The van der Waals surface area contributed by atoms with E-state index in [-0.39, 0.29) is 0 Å². The molecule has 0 aromatic heterocycles. The highest BCUT2D eigenvalue weighted by Gasteiger charge is 2.36. The first-order chi connectivity index (χ1) is 9.14. The summed E-state index contributed by atoms with van der Waals surface area (Å²) in [7, 11) is 5.42. The third-order valence-corrected chi connectivity index (χ3v) is 4.23. The molecule has 4 nitrogen and oxygen atoms in total. The second-order valence-corrected chi connectivity index (χ2v) is 5.45. The lowest BCUT2D eigenvalue weighted by Crippen LogP contribution is -2.46. The number of anilines is 1. The maximum Gasteiger partial charge on any atom is 0.162 e. The van der Waals surface area contributed by atoms with Gasteiger partial charge in [-0.1, -0.05) is 6.42 Å². The largest absolute Gasteiger partial charge is 0.493 e. The van der Waals surface area contributed by atoms with Gasteiger partial charge in [-0.05, 0) is 31.5 Å². The number of nitrogens with two attached hydrogens (primary N) is 1. The third-order valence-electron chi connectivity index (χ3n) is 4.23. The lowest BCUT2D eigenvalue weighted by molar-refractivity contribution is 0.154. The fourth-order valence-corrected chi connectivity index (χ4v) is 2.76. The van der Waals surface area contributed by atoms with E-state index in [9.17, 15) is 0 Å². The number of rotatable bonds is 6. The van der Waals surface area contributed by atoms with Crippen molar-refractivity contribution in [2.45, 2.75) is 19.3 Å². The van der Waals surface area contributed by atoms with Crippen LogP contribution in [0.2, 0.25) is 0 Å². The SMILES string of the molecule is COc1ccc(N(C)CC2(CN)CCC2)cc1OC. The number of hydrogen-bond acceptors (Lipinski definition) is 4. The Morgan fingerprint density at radius 1 is 1.21 bits per heavy atom. The molecule has 0 bridgehead atoms. The zero-order valence-corrected chi connectivity index (χ0v) is 12.1. The highest BCUT2D eigenvalue weighted by atomic mass is 16.5. The summed E-state index contributed by atoms with van der Waals surface area (Å²) in [5, 5.41) is 0. The quantitative estimate of drug-likeness (QED) is 0.856. The molecular weight excluding hydrogens is 240 g/mol. The smallest absolute Gasteiger partial charge is 0.162 e. The van der Waals surface area contributed by atoms with Crippen LogP contribution in [0.4, 0.5) is 5.69 Å². The van der Waals surface area contributed by atoms with Crippen LogP contribution in [0.3, 0.4) is 0 Å². The molecule has 1 aromatic carbocycles. The first-order valence-electron chi connectivity index (χ1n) is 6.77. The van der Waals surface area contributed by atoms with Gasteiger partial charge < -0.3 is 20.1 Å². The topological polar surface area (TPSA) is 47.7 Å². The average molecular weight is 264 g/mol. The van der Waals surface area contributed by atoms with Crippen molar-refractivity contribution in [1.82, 2.24) is 0 Å². The van der Waals surface area contributed by atoms with Gasteiger partial charge in [-0.15, -0.1) is 0 Å². The molecule has 0 spiro atoms. The summed E-state index contributed by atoms with van der Waals surface area (Å²) >= 11 is 0. The summed E-state index contributed by atoms with van der Waals surface area (Å²) in [4.78, 5) is 2.26. The van der Waals surface area contributed by atoms with E-state index >= 15 is 0 Å². The Morgan fingerprint density at radius 3 is 2.37 bits per heavy atom. The molecule has 4 heteroatoms. The van der Waals surface area contributed by atoms with E-state index < -0.39 is 0 Å². The Hall–Kier alpha value is -1.42. The van der Waals surface area contributed by atoms with Crippen molar-refractivity contribution >= 4 is 5.69 Å². The molecule has 106 valence electrons. The minimum atomic E-state index is 0.307. The van der Waals surface area contributed by atoms with Crippen molar-refractivity contribution in [3.8, 4) is 11.5 Å². The molecule has 0 radical (unpaired) electrons. The minimum absolute atomic E-state index is 0.307. The Labute approximate surface area is 115 Å². The molecule has 2 rings (SSSR count). The molecular formula is C15H24N2O2. The van der Waals surface area contributed by atoms with Crippen LogP contribution < -0.4 is 20.1 Å². The van der Waals surface area contributed by atoms with Crippen LogP contribution in [0.5, 0.6) is 11.5 Å². The molecule has 1 saturated carbocycles. The second-order valence-electron chi connectivity index (χ2n) is 5.45. The molecule has 0 unspecified atom stereocenters. The Bertz CT molecular complexity index is 425. The molecule has 1 aromatic rings. The Kier molecular flexibility index (Phi) is 4.20. The van der Waals surface area contributed by atoms with E-state index in [2.05, 4.69) is 18.0 Å². The number of nitrogens with zero attached hydrogens (tertiary/aromatic N) is 1. The lowest BCUT2D eigenvalue weighted by Gasteiger charge is -2.44. The summed E-state index contributed by atoms with van der Waals surface area (Å²) < 4.78 is 10.6. The highest BCUT2D eigenvalue weighted by Crippen LogP contribution is 2.41. The predicted molar refractivity (Wildman–Crippen MR) is 78.2 cm³/mol. The van der Waals surface area contributed by atoms with Crippen molar-refractivity contribution in [3.63, 3.8) is 0 Å². The molecule has 1 fully saturated rings. The van der Waals surface area contributed by atoms with Gasteiger partial charge in [0.05, 0.1) is 14.2 Å². The van der Waals surface area contributed by atoms with Gasteiger partial charge in [-0.3, -0.25) is 0 Å². The van der Waals surface area contributed by atoms with Crippen molar-refractivity contribution in [1.29, 1.82) is 0 Å². The van der Waals surface area contributed by atoms with Gasteiger partial charge in [0.1, 0.15) is 0 Å². The van der Waals surface area contributed by atoms with Crippen LogP contribution in [0.25, 0.3) is 0 Å². The zero-order valence-electron chi connectivity index (χ0n) is 12.1. The first-order valence-corrected chi connectivity index (χ1v) is 6.77. The maximum atomic E-state index is 5.93. The molecule has 0 amide bonds. The van der Waals surface area contributed by atoms with Crippen LogP contribution in [0, 0.1) is 5.41 Å². The average Bonchev–Trinajstić information content (AvgIpc) is 2.41. The molecule has 1 aliphatic carbocycles. The van der Waals surface area contributed by atoms with Gasteiger partial charge in [-0.2, -0.15) is 0 Å². The zero-order chi connectivity index (χ0) is 13.9. The molecule has 0 saturated heterocycles. The van der Waals surface area contributed by atoms with Crippen LogP contribution >= 0.6 is 0 Å². The summed E-state index contributed by atoms with van der Waals surface area (Å²) in [6.45, 7) is 1.77. The molecule has 0 heterocycles. The first kappa shape index (κ1) is 14.0. The predicted octanol–water partition coefficient (Wildman–Crippen LogP) is 2.27. The van der Waals surface area contributed by atoms with E-state index in [0.29, 0.717) is 5.41 Å². The molecule has 19 heavy (non-hydrogen) atoms. The summed E-state index contributed by atoms with van der Waals surface area (Å²) in [5.41, 5.74) is 7.37. The van der Waals surface area contributed by atoms with E-state index in [0.717, 1.165) is 30.3 Å². The molecule has 1 aliphatic rings. The fraction of sp³-hybridized carbons (Fsp3) is 0.600. The van der Waals surface area contributed by atoms with Crippen LogP contribution in [-0.2, 0) is 0 Å². The van der Waals surface area contributed by atoms with Crippen molar-refractivity contribution in [2.75, 3.05) is 39.3 Å². The van der Waals surface area contributed by atoms with Crippen molar-refractivity contribution in [2.24, 2.45) is 11.1 Å². The number of ether oxygens (including phenoxy) is 2. The Morgan fingerprint density at radius 2 is 1.89 bits per heavy atom. The van der Waals surface area contributed by atoms with E-state index in [4.69, 9.17) is 15.2 Å². The van der Waals surface area contributed by atoms with Gasteiger partial charge in [0.2, 0.25) is 0 Å². The van der Waals surface area contributed by atoms with E-state index in [1.54, 1.807) is 14.2 Å². The summed E-state index contributed by atoms with van der Waals surface area (Å²) in [5.74, 6) is 1.53. The standard InChI is InChI=1S/C15H24N2O2/c1-17(11-15(10-16)7-4-8-15)12-5-6-13(18-2)14(9-12)19-3/h5-6,9H,4,7-8,10-11,16H2,1-3H3. The van der Waals surface area contributed by atoms with Gasteiger partial charge in [0.25, 0.3) is 0 Å². The van der Waals surface area contributed by atoms with Crippen molar-refractivity contribution in [3.05, 3.63) is 18.2 Å². The van der Waals surface area contributed by atoms with Crippen LogP contribution in [0.15, 0.2) is 18.2 Å². The van der Waals surface area contributed by atoms with Crippen molar-refractivity contribution < 1.29 is 9.47 Å². The monoisotopic (exact) mass is 264 g/mol. The summed E-state index contributed by atoms with van der Waals surface area (Å²) in [6.07, 6.45) is 3.78. The molecule has 0 atom stereocenters. The maximum absolute atomic E-state index is 5.93. The van der Waals surface area contributed by atoms with Crippen LogP contribution in [0.1, 0.15) is 19.3 Å². The number of benzene rings is 1. The second kappa shape index (κ2) is 5.70. The molecule has 0 aliphatic heterocycles. The lowest BCUT2D eigenvalue weighted by atomic mass is 9.68. The van der Waals surface area contributed by atoms with Gasteiger partial charge in [0.15, 0.2) is 11.5 Å².